The van der Waals surface area contributed by atoms with Crippen LogP contribution in [0.25, 0.3) is 0 Å². The minimum atomic E-state index is -0.407. The molecule has 1 aromatic rings. The fourth-order valence-corrected chi connectivity index (χ4v) is 2.39. The van der Waals surface area contributed by atoms with Crippen molar-refractivity contribution in [2.24, 2.45) is 4.99 Å². The van der Waals surface area contributed by atoms with Gasteiger partial charge < -0.3 is 10.4 Å². The fraction of sp³-hybridized carbons (Fsp3) is 0.300. The summed E-state index contributed by atoms with van der Waals surface area (Å²) < 4.78 is 0. The van der Waals surface area contributed by atoms with E-state index < -0.39 is 4.92 Å². The smallest absolute Gasteiger partial charge is 0.270 e. The lowest BCUT2D eigenvalue weighted by Crippen LogP contribution is -2.20. The maximum Gasteiger partial charge on any atom is 0.270 e. The van der Waals surface area contributed by atoms with Gasteiger partial charge in [0.15, 0.2) is 0 Å². The van der Waals surface area contributed by atoms with Crippen LogP contribution in [-0.2, 0) is 0 Å². The molecule has 0 aliphatic carbocycles. The van der Waals surface area contributed by atoms with Gasteiger partial charge in [0.2, 0.25) is 0 Å². The van der Waals surface area contributed by atoms with Crippen molar-refractivity contribution in [3.05, 3.63) is 28.3 Å². The van der Waals surface area contributed by atoms with E-state index in [0.29, 0.717) is 12.3 Å². The average molecular weight is 253 g/mol. The van der Waals surface area contributed by atoms with Gasteiger partial charge in [0, 0.05) is 17.0 Å². The van der Waals surface area contributed by atoms with Gasteiger partial charge in [-0.3, -0.25) is 15.1 Å². The Balaban J connectivity index is 2.20. The van der Waals surface area contributed by atoms with Crippen LogP contribution in [0.3, 0.4) is 0 Å². The summed E-state index contributed by atoms with van der Waals surface area (Å²) in [6, 6.07) is 4.69. The Bertz CT molecular complexity index is 476. The Kier molecular flexibility index (Phi) is 3.60. The van der Waals surface area contributed by atoms with Crippen molar-refractivity contribution in [2.45, 2.75) is 4.90 Å². The average Bonchev–Trinajstić information content (AvgIpc) is 2.35. The van der Waals surface area contributed by atoms with Crippen molar-refractivity contribution >= 4 is 29.0 Å². The molecule has 0 radical (unpaired) electrons. The number of amidine groups is 1. The first kappa shape index (κ1) is 11.9. The number of aliphatic hydroxyl groups is 1. The summed E-state index contributed by atoms with van der Waals surface area (Å²) in [5.74, 6) is 1.42. The Morgan fingerprint density at radius 2 is 2.41 bits per heavy atom. The third kappa shape index (κ3) is 2.75. The van der Waals surface area contributed by atoms with Gasteiger partial charge in [-0.15, -0.1) is 11.8 Å². The maximum absolute atomic E-state index is 10.6. The van der Waals surface area contributed by atoms with E-state index in [1.165, 1.54) is 17.8 Å². The highest BCUT2D eigenvalue weighted by Crippen LogP contribution is 2.34. The first-order chi connectivity index (χ1) is 8.20. The summed E-state index contributed by atoms with van der Waals surface area (Å²) >= 11 is 1.50. The maximum atomic E-state index is 10.6. The number of anilines is 1. The number of aliphatic imine (C=N–C) groups is 1. The molecule has 1 heterocycles. The molecule has 0 saturated carbocycles. The summed E-state index contributed by atoms with van der Waals surface area (Å²) in [7, 11) is 0. The van der Waals surface area contributed by atoms with Crippen LogP contribution < -0.4 is 5.32 Å². The lowest BCUT2D eigenvalue weighted by atomic mass is 10.2. The van der Waals surface area contributed by atoms with E-state index >= 15 is 0 Å². The molecule has 0 spiro atoms. The molecule has 0 fully saturated rings. The second kappa shape index (κ2) is 5.15. The number of hydrogen-bond donors (Lipinski definition) is 2. The Morgan fingerprint density at radius 1 is 1.59 bits per heavy atom. The molecule has 2 rings (SSSR count). The molecule has 0 saturated heterocycles. The van der Waals surface area contributed by atoms with E-state index in [4.69, 9.17) is 5.11 Å². The number of benzene rings is 1. The van der Waals surface area contributed by atoms with Crippen molar-refractivity contribution in [3.63, 3.8) is 0 Å². The molecule has 1 aliphatic rings. The van der Waals surface area contributed by atoms with Gasteiger partial charge in [-0.25, -0.2) is 0 Å². The number of fused-ring (bicyclic) bond motifs is 1. The lowest BCUT2D eigenvalue weighted by molar-refractivity contribution is -0.385. The number of aliphatic hydroxyl groups excluding tert-OH is 1. The van der Waals surface area contributed by atoms with Gasteiger partial charge in [-0.1, -0.05) is 0 Å². The van der Waals surface area contributed by atoms with Crippen molar-refractivity contribution in [1.29, 1.82) is 0 Å². The molecule has 90 valence electrons. The molecule has 2 N–H and O–H groups in total. The SMILES string of the molecule is O=[N+]([O-])c1ccc2c(c1)SCC(=NCCO)N2. The first-order valence-electron chi connectivity index (χ1n) is 5.03. The first-order valence-corrected chi connectivity index (χ1v) is 6.01. The number of non-ortho nitro benzene ring substituents is 1. The molecular formula is C10H11N3O3S. The molecule has 17 heavy (non-hydrogen) atoms. The fourth-order valence-electron chi connectivity index (χ4n) is 1.46. The topological polar surface area (TPSA) is 87.8 Å². The van der Waals surface area contributed by atoms with Gasteiger partial charge in [-0.2, -0.15) is 0 Å². The molecule has 0 aromatic heterocycles. The van der Waals surface area contributed by atoms with Crippen molar-refractivity contribution in [3.8, 4) is 0 Å². The van der Waals surface area contributed by atoms with Crippen LogP contribution in [0.15, 0.2) is 28.1 Å². The largest absolute Gasteiger partial charge is 0.394 e. The highest BCUT2D eigenvalue weighted by Gasteiger charge is 2.17. The zero-order valence-corrected chi connectivity index (χ0v) is 9.74. The van der Waals surface area contributed by atoms with E-state index in [2.05, 4.69) is 10.3 Å². The number of thioether (sulfide) groups is 1. The van der Waals surface area contributed by atoms with Crippen molar-refractivity contribution in [2.75, 3.05) is 24.2 Å². The van der Waals surface area contributed by atoms with Crippen LogP contribution in [-0.4, -0.2) is 34.8 Å². The van der Waals surface area contributed by atoms with Crippen molar-refractivity contribution in [1.82, 2.24) is 0 Å². The number of nitro groups is 1. The van der Waals surface area contributed by atoms with E-state index in [1.807, 2.05) is 0 Å². The van der Waals surface area contributed by atoms with Crippen LogP contribution in [0, 0.1) is 10.1 Å². The number of nitrogens with one attached hydrogen (secondary N) is 1. The van der Waals surface area contributed by atoms with Gasteiger partial charge in [-0.05, 0) is 6.07 Å². The van der Waals surface area contributed by atoms with Gasteiger partial charge >= 0.3 is 0 Å². The predicted molar refractivity (Wildman–Crippen MR) is 66.8 cm³/mol. The van der Waals surface area contributed by atoms with E-state index in [1.54, 1.807) is 12.1 Å². The van der Waals surface area contributed by atoms with E-state index in [-0.39, 0.29) is 12.3 Å². The molecule has 0 bridgehead atoms. The lowest BCUT2D eigenvalue weighted by Gasteiger charge is -2.18. The predicted octanol–water partition coefficient (Wildman–Crippen LogP) is 1.50. The second-order valence-electron chi connectivity index (χ2n) is 3.40. The third-order valence-electron chi connectivity index (χ3n) is 2.22. The van der Waals surface area contributed by atoms with Crippen LogP contribution in [0.2, 0.25) is 0 Å². The summed E-state index contributed by atoms with van der Waals surface area (Å²) in [6.45, 7) is 0.383. The monoisotopic (exact) mass is 253 g/mol. The normalized spacial score (nSPS) is 16.4. The summed E-state index contributed by atoms with van der Waals surface area (Å²) in [6.07, 6.45) is 0. The van der Waals surface area contributed by atoms with Gasteiger partial charge in [0.25, 0.3) is 5.69 Å². The second-order valence-corrected chi connectivity index (χ2v) is 4.42. The van der Waals surface area contributed by atoms with Gasteiger partial charge in [0.05, 0.1) is 29.5 Å². The Morgan fingerprint density at radius 3 is 3.12 bits per heavy atom. The van der Waals surface area contributed by atoms with Crippen molar-refractivity contribution < 1.29 is 10.0 Å². The minimum Gasteiger partial charge on any atom is -0.394 e. The molecule has 1 aliphatic heterocycles. The van der Waals surface area contributed by atoms with E-state index in [0.717, 1.165) is 16.4 Å². The highest BCUT2D eigenvalue weighted by molar-refractivity contribution is 8.00. The zero-order chi connectivity index (χ0) is 12.3. The number of nitrogens with zero attached hydrogens (tertiary/aromatic N) is 2. The number of hydrogen-bond acceptors (Lipinski definition) is 5. The Labute approximate surface area is 102 Å². The highest BCUT2D eigenvalue weighted by atomic mass is 32.2. The number of nitro benzene ring substituents is 1. The quantitative estimate of drug-likeness (QED) is 0.629. The van der Waals surface area contributed by atoms with Gasteiger partial charge in [0.1, 0.15) is 5.84 Å². The molecule has 6 nitrogen and oxygen atoms in total. The van der Waals surface area contributed by atoms with E-state index in [9.17, 15) is 10.1 Å². The Hall–Kier alpha value is -1.60. The zero-order valence-electron chi connectivity index (χ0n) is 8.92. The third-order valence-corrected chi connectivity index (χ3v) is 3.29. The molecule has 0 atom stereocenters. The summed E-state index contributed by atoms with van der Waals surface area (Å²) in [4.78, 5) is 15.2. The molecule has 1 aromatic carbocycles. The molecular weight excluding hydrogens is 242 g/mol. The molecule has 0 amide bonds. The van der Waals surface area contributed by atoms with Crippen LogP contribution >= 0.6 is 11.8 Å². The van der Waals surface area contributed by atoms with Crippen LogP contribution in [0.1, 0.15) is 0 Å². The standard InChI is InChI=1S/C10H11N3O3S/c14-4-3-11-10-6-17-9-5-7(13(15)16)1-2-8(9)12-10/h1-2,5,14H,3-4,6H2,(H,11,12). The molecule has 0 unspecified atom stereocenters. The summed E-state index contributed by atoms with van der Waals surface area (Å²) in [5.41, 5.74) is 0.914. The molecule has 7 heteroatoms. The number of rotatable bonds is 3. The summed E-state index contributed by atoms with van der Waals surface area (Å²) in [5, 5.41) is 22.4. The van der Waals surface area contributed by atoms with Crippen LogP contribution in [0.5, 0.6) is 0 Å². The van der Waals surface area contributed by atoms with Crippen LogP contribution in [0.4, 0.5) is 11.4 Å². The minimum absolute atomic E-state index is 0.0168.